The van der Waals surface area contributed by atoms with E-state index in [1.165, 1.54) is 80.0 Å². The van der Waals surface area contributed by atoms with Crippen LogP contribution < -0.4 is 0 Å². The van der Waals surface area contributed by atoms with E-state index in [0.717, 1.165) is 50.2 Å². The van der Waals surface area contributed by atoms with Crippen LogP contribution in [0.5, 0.6) is 5.75 Å². The summed E-state index contributed by atoms with van der Waals surface area (Å²) in [7, 11) is 0. The summed E-state index contributed by atoms with van der Waals surface area (Å²) in [6.45, 7) is 22.6. The SMILES string of the molecule is CC(C)(C)c1ccc(-c2nc3c4c(cc(C(C)(C)C)c3o2)C(C)(C)C(C)(C)c2ccc(-c3cc(-c5ccc(C6CCC7(CCCCC7)CC6)cc5)ccn3)[c-]c2-4)c(O)c1.[Pt]. The molecule has 0 saturated heterocycles. The van der Waals surface area contributed by atoms with Gasteiger partial charge >= 0.3 is 0 Å². The molecule has 6 aromatic rings. The van der Waals surface area contributed by atoms with Gasteiger partial charge in [0.25, 0.3) is 0 Å². The van der Waals surface area contributed by atoms with E-state index in [4.69, 9.17) is 14.4 Å². The monoisotopic (exact) mass is 978 g/mol. The largest absolute Gasteiger partial charge is 0.507 e. The topological polar surface area (TPSA) is 59.2 Å². The van der Waals surface area contributed by atoms with Crippen molar-refractivity contribution in [3.05, 3.63) is 113 Å². The van der Waals surface area contributed by atoms with Crippen LogP contribution in [0.25, 0.3) is 56.1 Å². The van der Waals surface area contributed by atoms with Crippen molar-refractivity contribution < 1.29 is 30.6 Å². The van der Waals surface area contributed by atoms with Crippen molar-refractivity contribution in [3.8, 4) is 50.7 Å². The first-order valence-electron chi connectivity index (χ1n) is 22.3. The molecular weight excluding hydrogens is 916 g/mol. The Kier molecular flexibility index (Phi) is 10.7. The van der Waals surface area contributed by atoms with E-state index in [1.54, 1.807) is 0 Å². The average molecular weight is 979 g/mol. The van der Waals surface area contributed by atoms with Crippen LogP contribution in [0.1, 0.15) is 161 Å². The molecule has 0 bridgehead atoms. The summed E-state index contributed by atoms with van der Waals surface area (Å²) < 4.78 is 6.77. The molecule has 0 radical (unpaired) electrons. The molecule has 3 aliphatic rings. The number of fused-ring (bicyclic) bond motifs is 5. The van der Waals surface area contributed by atoms with Crippen LogP contribution in [0.15, 0.2) is 83.4 Å². The molecule has 4 nitrogen and oxygen atoms in total. The molecule has 0 amide bonds. The van der Waals surface area contributed by atoms with E-state index in [1.807, 2.05) is 18.3 Å². The maximum Gasteiger partial charge on any atom is 0.230 e. The molecule has 5 heteroatoms. The quantitative estimate of drug-likeness (QED) is 0.179. The summed E-state index contributed by atoms with van der Waals surface area (Å²) in [6.07, 6.45) is 14.6. The average Bonchev–Trinajstić information content (AvgIpc) is 3.64. The minimum atomic E-state index is -0.242. The number of pyridine rings is 1. The summed E-state index contributed by atoms with van der Waals surface area (Å²) in [5, 5.41) is 11.4. The van der Waals surface area contributed by atoms with Crippen LogP contribution in [-0.2, 0) is 42.7 Å². The van der Waals surface area contributed by atoms with Gasteiger partial charge in [0.05, 0.1) is 11.1 Å². The van der Waals surface area contributed by atoms with Crippen molar-refractivity contribution in [2.45, 2.75) is 155 Å². The molecule has 9 rings (SSSR count). The van der Waals surface area contributed by atoms with Gasteiger partial charge in [-0.1, -0.05) is 142 Å². The molecule has 2 aromatic heterocycles. The summed E-state index contributed by atoms with van der Waals surface area (Å²) >= 11 is 0. The number of rotatable bonds is 4. The molecule has 316 valence electrons. The van der Waals surface area contributed by atoms with Crippen LogP contribution in [0, 0.1) is 11.5 Å². The molecule has 1 N–H and O–H groups in total. The smallest absolute Gasteiger partial charge is 0.230 e. The van der Waals surface area contributed by atoms with Crippen molar-refractivity contribution in [3.63, 3.8) is 0 Å². The van der Waals surface area contributed by atoms with Crippen LogP contribution in [-0.4, -0.2) is 15.1 Å². The van der Waals surface area contributed by atoms with E-state index >= 15 is 0 Å². The fourth-order valence-electron chi connectivity index (χ4n) is 10.8. The van der Waals surface area contributed by atoms with Crippen LogP contribution in [0.2, 0.25) is 0 Å². The molecular formula is C55H63N2O2Pt-. The predicted molar refractivity (Wildman–Crippen MR) is 244 cm³/mol. The number of phenols is 1. The molecule has 0 atom stereocenters. The van der Waals surface area contributed by atoms with Crippen molar-refractivity contribution in [2.24, 2.45) is 5.41 Å². The fourth-order valence-corrected chi connectivity index (χ4v) is 10.8. The number of hydrogen-bond donors (Lipinski definition) is 1. The number of aromatic nitrogens is 2. The van der Waals surface area contributed by atoms with Gasteiger partial charge in [0.2, 0.25) is 5.89 Å². The van der Waals surface area contributed by atoms with E-state index in [9.17, 15) is 5.11 Å². The normalized spacial score (nSPS) is 18.5. The van der Waals surface area contributed by atoms with Crippen molar-refractivity contribution >= 4 is 11.1 Å². The fraction of sp³-hybridized carbons (Fsp3) is 0.455. The predicted octanol–water partition coefficient (Wildman–Crippen LogP) is 15.2. The third-order valence-corrected chi connectivity index (χ3v) is 15.4. The summed E-state index contributed by atoms with van der Waals surface area (Å²) in [5.41, 5.74) is 14.5. The van der Waals surface area contributed by atoms with E-state index in [-0.39, 0.29) is 48.5 Å². The van der Waals surface area contributed by atoms with Gasteiger partial charge in [-0.15, -0.1) is 29.3 Å². The second kappa shape index (κ2) is 15.1. The Morgan fingerprint density at radius 2 is 1.40 bits per heavy atom. The maximum absolute atomic E-state index is 11.4. The van der Waals surface area contributed by atoms with Gasteiger partial charge in [0, 0.05) is 38.5 Å². The number of phenolic OH excluding ortho intramolecular Hbond substituents is 1. The Bertz CT molecular complexity index is 2560. The first-order chi connectivity index (χ1) is 27.9. The maximum atomic E-state index is 11.4. The molecule has 2 heterocycles. The number of benzene rings is 4. The zero-order chi connectivity index (χ0) is 41.7. The van der Waals surface area contributed by atoms with Crippen molar-refractivity contribution in [1.82, 2.24) is 9.97 Å². The molecule has 0 aliphatic heterocycles. The molecule has 0 unspecified atom stereocenters. The zero-order valence-electron chi connectivity index (χ0n) is 37.5. The van der Waals surface area contributed by atoms with Gasteiger partial charge in [0.1, 0.15) is 5.75 Å². The third kappa shape index (κ3) is 7.21. The van der Waals surface area contributed by atoms with Crippen molar-refractivity contribution in [1.29, 1.82) is 0 Å². The molecule has 4 aromatic carbocycles. The van der Waals surface area contributed by atoms with E-state index < -0.39 is 0 Å². The Morgan fingerprint density at radius 1 is 0.717 bits per heavy atom. The Labute approximate surface area is 373 Å². The van der Waals surface area contributed by atoms with Crippen LogP contribution >= 0.6 is 0 Å². The molecule has 1 spiro atoms. The summed E-state index contributed by atoms with van der Waals surface area (Å²) in [4.78, 5) is 10.2. The Hall–Kier alpha value is -4.01. The standard InChI is InChI=1S/C55H63N2O2.Pt/c1-51(2,3)39-19-20-40(46(58)32-39)50-57-48-47-41-30-38(18-21-42(41)53(7,8)54(9,10)43(47)33-44(49(48)59-50)52(4,5)6)45-31-37(24-29-56-45)35-16-14-34(15-17-35)36-22-27-55(28-23-36)25-12-11-13-26-55;/h14-21,24,29,31-33,36,58H,11-13,22-23,25-28H2,1-10H3;/q-1;. The van der Waals surface area contributed by atoms with Gasteiger partial charge in [-0.05, 0) is 118 Å². The number of hydrogen-bond acceptors (Lipinski definition) is 4. The van der Waals surface area contributed by atoms with Gasteiger partial charge in [-0.25, -0.2) is 4.98 Å². The number of oxazole rings is 1. The van der Waals surface area contributed by atoms with Gasteiger partial charge in [-0.2, -0.15) is 0 Å². The van der Waals surface area contributed by atoms with E-state index in [0.29, 0.717) is 22.8 Å². The zero-order valence-corrected chi connectivity index (χ0v) is 39.8. The van der Waals surface area contributed by atoms with Crippen LogP contribution in [0.3, 0.4) is 0 Å². The van der Waals surface area contributed by atoms with Crippen LogP contribution in [0.4, 0.5) is 0 Å². The van der Waals surface area contributed by atoms with Gasteiger partial charge < -0.3 is 9.52 Å². The Balaban J connectivity index is 0.00000499. The minimum Gasteiger partial charge on any atom is -0.507 e. The first-order valence-corrected chi connectivity index (χ1v) is 22.3. The van der Waals surface area contributed by atoms with Gasteiger partial charge in [-0.3, -0.25) is 4.98 Å². The molecule has 60 heavy (non-hydrogen) atoms. The first kappa shape index (κ1) is 42.7. The Morgan fingerprint density at radius 3 is 2.05 bits per heavy atom. The third-order valence-electron chi connectivity index (χ3n) is 15.4. The second-order valence-electron chi connectivity index (χ2n) is 21.6. The number of nitrogens with zero attached hydrogens (tertiary/aromatic N) is 2. The summed E-state index contributed by atoms with van der Waals surface area (Å²) in [5.74, 6) is 1.28. The molecule has 3 aliphatic carbocycles. The summed E-state index contributed by atoms with van der Waals surface area (Å²) in [6, 6.07) is 30.4. The minimum absolute atomic E-state index is 0. The van der Waals surface area contributed by atoms with Crippen molar-refractivity contribution in [2.75, 3.05) is 0 Å². The second-order valence-corrected chi connectivity index (χ2v) is 21.6. The molecule has 2 saturated carbocycles. The van der Waals surface area contributed by atoms with Gasteiger partial charge in [0.15, 0.2) is 5.58 Å². The number of aromatic hydroxyl groups is 1. The van der Waals surface area contributed by atoms with E-state index in [2.05, 4.69) is 136 Å². The molecule has 2 fully saturated rings.